The van der Waals surface area contributed by atoms with Crippen LogP contribution in [-0.2, 0) is 4.79 Å². The highest BCUT2D eigenvalue weighted by atomic mass is 16.2. The van der Waals surface area contributed by atoms with Gasteiger partial charge in [-0.15, -0.1) is 5.10 Å². The summed E-state index contributed by atoms with van der Waals surface area (Å²) in [5, 5.41) is 12.3. The molecule has 2 aromatic rings. The molecule has 2 aromatic heterocycles. The highest BCUT2D eigenvalue weighted by Crippen LogP contribution is 2.21. The van der Waals surface area contributed by atoms with Crippen LogP contribution >= 0.6 is 0 Å². The number of rotatable bonds is 4. The fourth-order valence-corrected chi connectivity index (χ4v) is 3.08. The molecular weight excluding hydrogens is 306 g/mol. The SMILES string of the molecule is CC(C)C(C(=O)N1CCCN(c2cccnn2)CC1)n1cncn1. The van der Waals surface area contributed by atoms with E-state index in [2.05, 4.69) is 25.2 Å². The Bertz CT molecular complexity index is 644. The first-order valence-electron chi connectivity index (χ1n) is 8.32. The molecule has 1 aliphatic rings. The van der Waals surface area contributed by atoms with Gasteiger partial charge in [-0.3, -0.25) is 4.79 Å². The largest absolute Gasteiger partial charge is 0.353 e. The molecule has 1 amide bonds. The molecule has 1 saturated heterocycles. The lowest BCUT2D eigenvalue weighted by Crippen LogP contribution is -2.41. The van der Waals surface area contributed by atoms with Gasteiger partial charge in [-0.05, 0) is 24.5 Å². The molecule has 0 radical (unpaired) electrons. The van der Waals surface area contributed by atoms with Crippen LogP contribution < -0.4 is 4.90 Å². The van der Waals surface area contributed by atoms with Crippen LogP contribution in [0.4, 0.5) is 5.82 Å². The van der Waals surface area contributed by atoms with E-state index in [0.29, 0.717) is 6.54 Å². The highest BCUT2D eigenvalue weighted by molar-refractivity contribution is 5.80. The van der Waals surface area contributed by atoms with E-state index >= 15 is 0 Å². The summed E-state index contributed by atoms with van der Waals surface area (Å²) in [6.07, 6.45) is 5.67. The summed E-state index contributed by atoms with van der Waals surface area (Å²) in [6, 6.07) is 3.53. The minimum atomic E-state index is -0.310. The second-order valence-electron chi connectivity index (χ2n) is 6.31. The summed E-state index contributed by atoms with van der Waals surface area (Å²) in [7, 11) is 0. The van der Waals surface area contributed by atoms with E-state index in [0.717, 1.165) is 31.9 Å². The smallest absolute Gasteiger partial charge is 0.247 e. The molecule has 0 spiro atoms. The van der Waals surface area contributed by atoms with Crippen molar-refractivity contribution in [1.82, 2.24) is 29.9 Å². The standard InChI is InChI=1S/C16H23N7O/c1-13(2)15(23-12-17-11-19-23)16(24)22-8-4-7-21(9-10-22)14-5-3-6-18-20-14/h3,5-6,11-13,15H,4,7-10H2,1-2H3. The zero-order valence-corrected chi connectivity index (χ0v) is 14.1. The van der Waals surface area contributed by atoms with E-state index in [9.17, 15) is 4.79 Å². The van der Waals surface area contributed by atoms with E-state index in [4.69, 9.17) is 0 Å². The third-order valence-electron chi connectivity index (χ3n) is 4.30. The minimum Gasteiger partial charge on any atom is -0.353 e. The minimum absolute atomic E-state index is 0.108. The lowest BCUT2D eigenvalue weighted by molar-refractivity contribution is -0.136. The maximum atomic E-state index is 13.0. The first-order valence-corrected chi connectivity index (χ1v) is 8.32. The molecule has 24 heavy (non-hydrogen) atoms. The summed E-state index contributed by atoms with van der Waals surface area (Å²) in [6.45, 7) is 7.12. The van der Waals surface area contributed by atoms with Gasteiger partial charge in [0.1, 0.15) is 18.7 Å². The van der Waals surface area contributed by atoms with Crippen molar-refractivity contribution in [2.45, 2.75) is 26.3 Å². The highest BCUT2D eigenvalue weighted by Gasteiger charge is 2.30. The molecule has 3 rings (SSSR count). The number of nitrogens with zero attached hydrogens (tertiary/aromatic N) is 7. The molecule has 8 heteroatoms. The predicted molar refractivity (Wildman–Crippen MR) is 89.3 cm³/mol. The molecule has 1 fully saturated rings. The number of anilines is 1. The normalized spacial score (nSPS) is 17.0. The predicted octanol–water partition coefficient (Wildman–Crippen LogP) is 1.00. The summed E-state index contributed by atoms with van der Waals surface area (Å²) in [5.74, 6) is 1.12. The maximum Gasteiger partial charge on any atom is 0.247 e. The van der Waals surface area contributed by atoms with Crippen LogP contribution in [0.3, 0.4) is 0 Å². The molecule has 3 heterocycles. The molecule has 0 aromatic carbocycles. The van der Waals surface area contributed by atoms with Crippen molar-refractivity contribution in [3.8, 4) is 0 Å². The number of aromatic nitrogens is 5. The monoisotopic (exact) mass is 329 g/mol. The van der Waals surface area contributed by atoms with Crippen LogP contribution in [0.25, 0.3) is 0 Å². The summed E-state index contributed by atoms with van der Waals surface area (Å²) < 4.78 is 1.67. The Hall–Kier alpha value is -2.51. The molecule has 0 N–H and O–H groups in total. The number of hydrogen-bond donors (Lipinski definition) is 0. The van der Waals surface area contributed by atoms with Crippen molar-refractivity contribution in [2.75, 3.05) is 31.1 Å². The topological polar surface area (TPSA) is 80.0 Å². The Morgan fingerprint density at radius 1 is 1.21 bits per heavy atom. The van der Waals surface area contributed by atoms with E-state index in [1.54, 1.807) is 17.2 Å². The summed E-state index contributed by atoms with van der Waals surface area (Å²) in [5.41, 5.74) is 0. The molecule has 1 aliphatic heterocycles. The molecule has 0 bridgehead atoms. The van der Waals surface area contributed by atoms with Gasteiger partial charge in [0.05, 0.1) is 0 Å². The fraction of sp³-hybridized carbons (Fsp3) is 0.562. The zero-order valence-electron chi connectivity index (χ0n) is 14.1. The second-order valence-corrected chi connectivity index (χ2v) is 6.31. The van der Waals surface area contributed by atoms with Gasteiger partial charge >= 0.3 is 0 Å². The Morgan fingerprint density at radius 2 is 2.08 bits per heavy atom. The molecule has 1 unspecified atom stereocenters. The van der Waals surface area contributed by atoms with Crippen LogP contribution in [0.2, 0.25) is 0 Å². The molecule has 1 atom stereocenters. The number of carbonyl (C=O) groups is 1. The van der Waals surface area contributed by atoms with Crippen LogP contribution in [-0.4, -0.2) is 61.9 Å². The Balaban J connectivity index is 1.70. The van der Waals surface area contributed by atoms with Gasteiger partial charge in [0.25, 0.3) is 0 Å². The van der Waals surface area contributed by atoms with Crippen LogP contribution in [0.15, 0.2) is 31.0 Å². The zero-order chi connectivity index (χ0) is 16.9. The van der Waals surface area contributed by atoms with E-state index in [1.807, 2.05) is 30.9 Å². The van der Waals surface area contributed by atoms with Crippen molar-refractivity contribution >= 4 is 11.7 Å². The Morgan fingerprint density at radius 3 is 2.75 bits per heavy atom. The molecule has 0 saturated carbocycles. The maximum absolute atomic E-state index is 13.0. The molecule has 128 valence electrons. The van der Waals surface area contributed by atoms with E-state index < -0.39 is 0 Å². The summed E-state index contributed by atoms with van der Waals surface area (Å²) in [4.78, 5) is 21.1. The Labute approximate surface area is 141 Å². The van der Waals surface area contributed by atoms with Crippen molar-refractivity contribution in [1.29, 1.82) is 0 Å². The van der Waals surface area contributed by atoms with Crippen LogP contribution in [0.5, 0.6) is 0 Å². The van der Waals surface area contributed by atoms with Gasteiger partial charge in [0, 0.05) is 32.4 Å². The van der Waals surface area contributed by atoms with Crippen molar-refractivity contribution in [3.05, 3.63) is 31.0 Å². The third kappa shape index (κ3) is 3.52. The molecule has 0 aliphatic carbocycles. The third-order valence-corrected chi connectivity index (χ3v) is 4.30. The average molecular weight is 329 g/mol. The first kappa shape index (κ1) is 16.4. The van der Waals surface area contributed by atoms with Crippen LogP contribution in [0.1, 0.15) is 26.3 Å². The van der Waals surface area contributed by atoms with Gasteiger partial charge < -0.3 is 9.80 Å². The first-order chi connectivity index (χ1) is 11.7. The second kappa shape index (κ2) is 7.37. The number of amides is 1. The van der Waals surface area contributed by atoms with Gasteiger partial charge in [-0.1, -0.05) is 13.8 Å². The molecular formula is C16H23N7O. The number of carbonyl (C=O) groups excluding carboxylic acids is 1. The van der Waals surface area contributed by atoms with Gasteiger partial charge in [-0.25, -0.2) is 9.67 Å². The van der Waals surface area contributed by atoms with Gasteiger partial charge in [-0.2, -0.15) is 10.2 Å². The van der Waals surface area contributed by atoms with Gasteiger partial charge in [0.15, 0.2) is 5.82 Å². The average Bonchev–Trinajstić information content (AvgIpc) is 2.98. The van der Waals surface area contributed by atoms with Gasteiger partial charge in [0.2, 0.25) is 5.91 Å². The fourth-order valence-electron chi connectivity index (χ4n) is 3.08. The van der Waals surface area contributed by atoms with Crippen molar-refractivity contribution < 1.29 is 4.79 Å². The number of hydrogen-bond acceptors (Lipinski definition) is 6. The lowest BCUT2D eigenvalue weighted by atomic mass is 10.0. The Kier molecular flexibility index (Phi) is 5.02. The van der Waals surface area contributed by atoms with Crippen LogP contribution in [0, 0.1) is 5.92 Å². The van der Waals surface area contributed by atoms with Crippen molar-refractivity contribution in [3.63, 3.8) is 0 Å². The summed E-state index contributed by atoms with van der Waals surface area (Å²) >= 11 is 0. The quantitative estimate of drug-likeness (QED) is 0.833. The van der Waals surface area contributed by atoms with E-state index in [1.165, 1.54) is 6.33 Å². The lowest BCUT2D eigenvalue weighted by Gasteiger charge is -2.28. The van der Waals surface area contributed by atoms with Crippen molar-refractivity contribution in [2.24, 2.45) is 5.92 Å². The van der Waals surface area contributed by atoms with E-state index in [-0.39, 0.29) is 17.9 Å². The molecule has 8 nitrogen and oxygen atoms in total.